The van der Waals surface area contributed by atoms with Crippen molar-refractivity contribution in [2.24, 2.45) is 0 Å². The van der Waals surface area contributed by atoms with Crippen molar-refractivity contribution in [1.82, 2.24) is 0 Å². The standard InChI is InChI=1S/C18H14O2/c1-11(19)13-6-7-14-9-15-4-3-5-17(12(2)20)18(15)10-16(14)8-13/h3-10H,1-2H3. The Morgan fingerprint density at radius 3 is 2.25 bits per heavy atom. The second-order valence-corrected chi connectivity index (χ2v) is 5.05. The quantitative estimate of drug-likeness (QED) is 0.506. The number of carbonyl (C=O) groups is 2. The summed E-state index contributed by atoms with van der Waals surface area (Å²) in [5.74, 6) is 0.101. The van der Waals surface area contributed by atoms with Gasteiger partial charge in [-0.15, -0.1) is 0 Å². The SMILES string of the molecule is CC(=O)c1ccc2cc3cccc(C(C)=O)c3cc2c1. The van der Waals surface area contributed by atoms with E-state index >= 15 is 0 Å². The summed E-state index contributed by atoms with van der Waals surface area (Å²) in [7, 11) is 0. The van der Waals surface area contributed by atoms with Crippen LogP contribution in [0.3, 0.4) is 0 Å². The Morgan fingerprint density at radius 2 is 1.55 bits per heavy atom. The minimum atomic E-state index is 0.0480. The molecule has 98 valence electrons. The average molecular weight is 262 g/mol. The first-order valence-electron chi connectivity index (χ1n) is 6.54. The Kier molecular flexibility index (Phi) is 2.87. The van der Waals surface area contributed by atoms with E-state index in [1.54, 1.807) is 13.8 Å². The zero-order chi connectivity index (χ0) is 14.3. The van der Waals surface area contributed by atoms with Crippen LogP contribution in [0.1, 0.15) is 34.6 Å². The van der Waals surface area contributed by atoms with Gasteiger partial charge in [0.2, 0.25) is 0 Å². The molecule has 0 saturated heterocycles. The molecule has 0 unspecified atom stereocenters. The molecule has 0 spiro atoms. The third-order valence-electron chi connectivity index (χ3n) is 3.62. The molecule has 3 aromatic carbocycles. The summed E-state index contributed by atoms with van der Waals surface area (Å²) in [6, 6.07) is 15.5. The van der Waals surface area contributed by atoms with E-state index in [9.17, 15) is 9.59 Å². The lowest BCUT2D eigenvalue weighted by atomic mass is 9.96. The molecule has 0 fully saturated rings. The summed E-state index contributed by atoms with van der Waals surface area (Å²) in [4.78, 5) is 23.2. The first-order valence-corrected chi connectivity index (χ1v) is 6.54. The number of rotatable bonds is 2. The molecular weight excluding hydrogens is 248 g/mol. The fourth-order valence-electron chi connectivity index (χ4n) is 2.55. The van der Waals surface area contributed by atoms with Gasteiger partial charge in [-0.05, 0) is 53.6 Å². The summed E-state index contributed by atoms with van der Waals surface area (Å²) in [6.07, 6.45) is 0. The van der Waals surface area contributed by atoms with Crippen molar-refractivity contribution < 1.29 is 9.59 Å². The van der Waals surface area contributed by atoms with Crippen LogP contribution in [0.15, 0.2) is 48.5 Å². The molecule has 20 heavy (non-hydrogen) atoms. The second-order valence-electron chi connectivity index (χ2n) is 5.05. The smallest absolute Gasteiger partial charge is 0.160 e. The predicted octanol–water partition coefficient (Wildman–Crippen LogP) is 4.40. The van der Waals surface area contributed by atoms with Crippen LogP contribution in [-0.2, 0) is 0 Å². The highest BCUT2D eigenvalue weighted by molar-refractivity contribution is 6.11. The predicted molar refractivity (Wildman–Crippen MR) is 81.5 cm³/mol. The van der Waals surface area contributed by atoms with Crippen LogP contribution in [-0.4, -0.2) is 11.6 Å². The van der Waals surface area contributed by atoms with Crippen LogP contribution in [0, 0.1) is 0 Å². The van der Waals surface area contributed by atoms with Crippen LogP contribution in [0.2, 0.25) is 0 Å². The molecule has 0 N–H and O–H groups in total. The van der Waals surface area contributed by atoms with Crippen molar-refractivity contribution in [3.8, 4) is 0 Å². The molecule has 2 heteroatoms. The lowest BCUT2D eigenvalue weighted by Crippen LogP contribution is -1.94. The van der Waals surface area contributed by atoms with Gasteiger partial charge in [0.1, 0.15) is 0 Å². The highest BCUT2D eigenvalue weighted by Gasteiger charge is 2.07. The molecule has 0 heterocycles. The van der Waals surface area contributed by atoms with Crippen molar-refractivity contribution in [2.45, 2.75) is 13.8 Å². The Balaban J connectivity index is 2.38. The lowest BCUT2D eigenvalue weighted by molar-refractivity contribution is 0.101. The summed E-state index contributed by atoms with van der Waals surface area (Å²) < 4.78 is 0. The molecule has 0 aliphatic carbocycles. The van der Waals surface area contributed by atoms with Gasteiger partial charge in [0, 0.05) is 11.1 Å². The van der Waals surface area contributed by atoms with E-state index < -0.39 is 0 Å². The van der Waals surface area contributed by atoms with Gasteiger partial charge in [0.05, 0.1) is 0 Å². The summed E-state index contributed by atoms with van der Waals surface area (Å²) >= 11 is 0. The van der Waals surface area contributed by atoms with E-state index in [4.69, 9.17) is 0 Å². The number of ketones is 2. The van der Waals surface area contributed by atoms with Gasteiger partial charge >= 0.3 is 0 Å². The van der Waals surface area contributed by atoms with Crippen LogP contribution < -0.4 is 0 Å². The maximum atomic E-state index is 11.7. The molecule has 0 amide bonds. The maximum absolute atomic E-state index is 11.7. The largest absolute Gasteiger partial charge is 0.295 e. The second kappa shape index (κ2) is 4.57. The minimum absolute atomic E-state index is 0.0480. The molecule has 0 aromatic heterocycles. The maximum Gasteiger partial charge on any atom is 0.160 e. The van der Waals surface area contributed by atoms with Crippen molar-refractivity contribution >= 4 is 33.1 Å². The normalized spacial score (nSPS) is 10.9. The number of Topliss-reactive ketones (excluding diaryl/α,β-unsaturated/α-hetero) is 2. The summed E-state index contributed by atoms with van der Waals surface area (Å²) in [6.45, 7) is 3.13. The lowest BCUT2D eigenvalue weighted by Gasteiger charge is -2.07. The zero-order valence-corrected chi connectivity index (χ0v) is 11.4. The molecule has 0 bridgehead atoms. The van der Waals surface area contributed by atoms with E-state index in [0.717, 1.165) is 27.1 Å². The van der Waals surface area contributed by atoms with E-state index in [0.29, 0.717) is 5.56 Å². The van der Waals surface area contributed by atoms with Crippen LogP contribution >= 0.6 is 0 Å². The topological polar surface area (TPSA) is 34.1 Å². The average Bonchev–Trinajstić information content (AvgIpc) is 2.43. The van der Waals surface area contributed by atoms with Gasteiger partial charge in [-0.2, -0.15) is 0 Å². The summed E-state index contributed by atoms with van der Waals surface area (Å²) in [5.41, 5.74) is 1.41. The Labute approximate surface area is 117 Å². The first-order chi connectivity index (χ1) is 9.56. The zero-order valence-electron chi connectivity index (χ0n) is 11.4. The molecule has 0 aliphatic heterocycles. The number of benzene rings is 3. The summed E-state index contributed by atoms with van der Waals surface area (Å²) in [5, 5.41) is 4.04. The molecule has 3 rings (SSSR count). The van der Waals surface area contributed by atoms with Gasteiger partial charge < -0.3 is 0 Å². The monoisotopic (exact) mass is 262 g/mol. The Bertz CT molecular complexity index is 860. The van der Waals surface area contributed by atoms with Gasteiger partial charge in [0.15, 0.2) is 11.6 Å². The van der Waals surface area contributed by atoms with E-state index in [-0.39, 0.29) is 11.6 Å². The molecule has 3 aromatic rings. The van der Waals surface area contributed by atoms with Gasteiger partial charge in [-0.25, -0.2) is 0 Å². The van der Waals surface area contributed by atoms with Crippen molar-refractivity contribution in [3.63, 3.8) is 0 Å². The van der Waals surface area contributed by atoms with E-state index in [2.05, 4.69) is 6.07 Å². The van der Waals surface area contributed by atoms with Gasteiger partial charge in [-0.1, -0.05) is 30.3 Å². The Hall–Kier alpha value is -2.48. The Morgan fingerprint density at radius 1 is 0.750 bits per heavy atom. The van der Waals surface area contributed by atoms with Gasteiger partial charge in [0.25, 0.3) is 0 Å². The fraction of sp³-hybridized carbons (Fsp3) is 0.111. The third kappa shape index (κ3) is 1.99. The van der Waals surface area contributed by atoms with Crippen molar-refractivity contribution in [2.75, 3.05) is 0 Å². The molecule has 0 aliphatic rings. The fourth-order valence-corrected chi connectivity index (χ4v) is 2.55. The molecular formula is C18H14O2. The van der Waals surface area contributed by atoms with Crippen LogP contribution in [0.5, 0.6) is 0 Å². The highest BCUT2D eigenvalue weighted by Crippen LogP contribution is 2.26. The third-order valence-corrected chi connectivity index (χ3v) is 3.62. The number of fused-ring (bicyclic) bond motifs is 2. The van der Waals surface area contributed by atoms with Gasteiger partial charge in [-0.3, -0.25) is 9.59 Å². The van der Waals surface area contributed by atoms with E-state index in [1.807, 2.05) is 42.5 Å². The molecule has 0 saturated carbocycles. The van der Waals surface area contributed by atoms with Crippen LogP contribution in [0.25, 0.3) is 21.5 Å². The molecule has 0 atom stereocenters. The number of carbonyl (C=O) groups excluding carboxylic acids is 2. The highest BCUT2D eigenvalue weighted by atomic mass is 16.1. The molecule has 2 nitrogen and oxygen atoms in total. The van der Waals surface area contributed by atoms with Crippen molar-refractivity contribution in [1.29, 1.82) is 0 Å². The first kappa shape index (κ1) is 12.5. The van der Waals surface area contributed by atoms with Crippen molar-refractivity contribution in [3.05, 3.63) is 59.7 Å². The number of hydrogen-bond acceptors (Lipinski definition) is 2. The van der Waals surface area contributed by atoms with Crippen LogP contribution in [0.4, 0.5) is 0 Å². The number of hydrogen-bond donors (Lipinski definition) is 0. The minimum Gasteiger partial charge on any atom is -0.295 e. The van der Waals surface area contributed by atoms with E-state index in [1.165, 1.54) is 0 Å². The molecule has 0 radical (unpaired) electrons.